The Morgan fingerprint density at radius 3 is 2.65 bits per heavy atom. The molecule has 0 N–H and O–H groups in total. The van der Waals surface area contributed by atoms with Gasteiger partial charge in [0.1, 0.15) is 5.52 Å². The topological polar surface area (TPSA) is 17.8 Å². The minimum Gasteiger partial charge on any atom is -0.327 e. The zero-order chi connectivity index (χ0) is 12.6. The largest absolute Gasteiger partial charge is 0.327 e. The van der Waals surface area contributed by atoms with Crippen molar-refractivity contribution in [1.29, 1.82) is 0 Å². The lowest BCUT2D eigenvalue weighted by atomic mass is 10.2. The lowest BCUT2D eigenvalue weighted by Crippen LogP contribution is -1.92. The Balaban J connectivity index is 0.000000514. The number of benzene rings is 1. The number of hydrogen-bond acceptors (Lipinski definition) is 1. The van der Waals surface area contributed by atoms with Crippen LogP contribution in [-0.4, -0.2) is 9.55 Å². The molecule has 1 aliphatic carbocycles. The van der Waals surface area contributed by atoms with Gasteiger partial charge in [-0.15, -0.1) is 0 Å². The van der Waals surface area contributed by atoms with Gasteiger partial charge in [-0.3, -0.25) is 0 Å². The summed E-state index contributed by atoms with van der Waals surface area (Å²) in [4.78, 5) is 4.11. The molecule has 1 fully saturated rings. The maximum Gasteiger partial charge on any atom is 0.155 e. The van der Waals surface area contributed by atoms with Crippen molar-refractivity contribution in [3.8, 4) is 0 Å². The average molecular weight is 255 g/mol. The van der Waals surface area contributed by atoms with Crippen molar-refractivity contribution in [2.45, 2.75) is 39.7 Å². The third-order valence-electron chi connectivity index (χ3n) is 2.93. The molecule has 0 spiro atoms. The zero-order valence-electron chi connectivity index (χ0n) is 10.3. The van der Waals surface area contributed by atoms with Crippen LogP contribution < -0.4 is 0 Å². The fourth-order valence-corrected chi connectivity index (χ4v) is 2.02. The van der Waals surface area contributed by atoms with Gasteiger partial charge in [-0.05, 0) is 25.8 Å². The maximum absolute atomic E-state index is 13.8. The maximum atomic E-state index is 13.8. The van der Waals surface area contributed by atoms with Crippen LogP contribution in [-0.2, 0) is 0 Å². The molecule has 0 unspecified atom stereocenters. The van der Waals surface area contributed by atoms with Crippen LogP contribution in [0.3, 0.4) is 0 Å². The quantitative estimate of drug-likeness (QED) is 0.733. The minimum absolute atomic E-state index is 0.295. The first kappa shape index (κ1) is 12.4. The highest BCUT2D eigenvalue weighted by Crippen LogP contribution is 2.38. The Labute approximate surface area is 105 Å². The smallest absolute Gasteiger partial charge is 0.155 e. The molecule has 1 heterocycles. The normalized spacial score (nSPS) is 14.6. The van der Waals surface area contributed by atoms with Crippen LogP contribution in [0.4, 0.5) is 4.39 Å². The molecule has 0 bridgehead atoms. The van der Waals surface area contributed by atoms with Gasteiger partial charge in [0.15, 0.2) is 5.82 Å². The number of halogens is 2. The van der Waals surface area contributed by atoms with Crippen LogP contribution in [0.5, 0.6) is 0 Å². The molecule has 0 saturated heterocycles. The molecular formula is C13H16ClFN2. The van der Waals surface area contributed by atoms with Crippen LogP contribution in [0.1, 0.15) is 38.3 Å². The van der Waals surface area contributed by atoms with Gasteiger partial charge in [-0.1, -0.05) is 25.4 Å². The number of rotatable bonds is 1. The van der Waals surface area contributed by atoms with Crippen molar-refractivity contribution >= 4 is 22.6 Å². The Morgan fingerprint density at radius 2 is 2.06 bits per heavy atom. The molecule has 4 heteroatoms. The van der Waals surface area contributed by atoms with Gasteiger partial charge in [0.25, 0.3) is 0 Å². The second-order valence-corrected chi connectivity index (χ2v) is 4.46. The zero-order valence-corrected chi connectivity index (χ0v) is 11.1. The Bertz CT molecular complexity index is 544. The summed E-state index contributed by atoms with van der Waals surface area (Å²) < 4.78 is 15.8. The van der Waals surface area contributed by atoms with Gasteiger partial charge in [0, 0.05) is 16.6 Å². The first-order valence-electron chi connectivity index (χ1n) is 5.99. The molecule has 0 amide bonds. The second kappa shape index (κ2) is 4.65. The molecule has 0 aliphatic heterocycles. The molecule has 2 aromatic rings. The van der Waals surface area contributed by atoms with Crippen molar-refractivity contribution < 1.29 is 4.39 Å². The fourth-order valence-electron chi connectivity index (χ4n) is 1.84. The highest BCUT2D eigenvalue weighted by Gasteiger charge is 2.26. The van der Waals surface area contributed by atoms with Gasteiger partial charge in [0.05, 0.1) is 11.8 Å². The summed E-state index contributed by atoms with van der Waals surface area (Å²) in [5, 5.41) is 0.474. The molecular weight excluding hydrogens is 239 g/mol. The first-order valence-corrected chi connectivity index (χ1v) is 6.37. The first-order chi connectivity index (χ1) is 8.18. The van der Waals surface area contributed by atoms with E-state index in [1.54, 1.807) is 19.3 Å². The highest BCUT2D eigenvalue weighted by molar-refractivity contribution is 6.32. The van der Waals surface area contributed by atoms with Gasteiger partial charge < -0.3 is 4.57 Å². The SMILES string of the molecule is CC.Cc1c(Cl)cc2c(ncn2C2CC2)c1F. The van der Waals surface area contributed by atoms with E-state index in [0.717, 1.165) is 18.4 Å². The summed E-state index contributed by atoms with van der Waals surface area (Å²) in [5.41, 5.74) is 1.72. The van der Waals surface area contributed by atoms with E-state index in [1.807, 2.05) is 18.4 Å². The molecule has 1 saturated carbocycles. The lowest BCUT2D eigenvalue weighted by Gasteiger charge is -2.04. The highest BCUT2D eigenvalue weighted by atomic mass is 35.5. The van der Waals surface area contributed by atoms with Crippen molar-refractivity contribution in [3.63, 3.8) is 0 Å². The molecule has 1 aliphatic rings. The molecule has 1 aromatic carbocycles. The number of aromatic nitrogens is 2. The molecule has 2 nitrogen and oxygen atoms in total. The van der Waals surface area contributed by atoms with Gasteiger partial charge >= 0.3 is 0 Å². The monoisotopic (exact) mass is 254 g/mol. The summed E-state index contributed by atoms with van der Waals surface area (Å²) in [5.74, 6) is -0.295. The van der Waals surface area contributed by atoms with E-state index in [1.165, 1.54) is 0 Å². The van der Waals surface area contributed by atoms with Crippen molar-refractivity contribution in [2.75, 3.05) is 0 Å². The second-order valence-electron chi connectivity index (χ2n) is 4.05. The predicted octanol–water partition coefficient (Wildman–Crippen LogP) is 4.50. The Kier molecular flexibility index (Phi) is 3.38. The number of fused-ring (bicyclic) bond motifs is 1. The summed E-state index contributed by atoms with van der Waals surface area (Å²) in [6.07, 6.45) is 4.01. The fraction of sp³-hybridized carbons (Fsp3) is 0.462. The third kappa shape index (κ3) is 2.04. The summed E-state index contributed by atoms with van der Waals surface area (Å²) in [7, 11) is 0. The van der Waals surface area contributed by atoms with Crippen LogP contribution in [0.2, 0.25) is 5.02 Å². The summed E-state index contributed by atoms with van der Waals surface area (Å²) in [6, 6.07) is 2.30. The Morgan fingerprint density at radius 1 is 1.41 bits per heavy atom. The average Bonchev–Trinajstić information content (AvgIpc) is 3.10. The van der Waals surface area contributed by atoms with Crippen molar-refractivity contribution in [2.24, 2.45) is 0 Å². The van der Waals surface area contributed by atoms with E-state index >= 15 is 0 Å². The van der Waals surface area contributed by atoms with E-state index in [0.29, 0.717) is 22.1 Å². The Hall–Kier alpha value is -1.09. The van der Waals surface area contributed by atoms with Crippen molar-refractivity contribution in [3.05, 3.63) is 28.8 Å². The van der Waals surface area contributed by atoms with Gasteiger partial charge in [-0.25, -0.2) is 9.37 Å². The summed E-state index contributed by atoms with van der Waals surface area (Å²) in [6.45, 7) is 5.67. The van der Waals surface area contributed by atoms with E-state index in [-0.39, 0.29) is 5.82 Å². The standard InChI is InChI=1S/C11H10ClFN2.C2H6/c1-6-8(12)4-9-11(10(6)13)14-5-15(9)7-2-3-7;1-2/h4-5,7H,2-3H2,1H3;1-2H3. The van der Waals surface area contributed by atoms with Gasteiger partial charge in [-0.2, -0.15) is 0 Å². The van der Waals surface area contributed by atoms with E-state index in [2.05, 4.69) is 4.98 Å². The molecule has 3 rings (SSSR count). The van der Waals surface area contributed by atoms with Gasteiger partial charge in [0.2, 0.25) is 0 Å². The van der Waals surface area contributed by atoms with Crippen LogP contribution in [0, 0.1) is 12.7 Å². The van der Waals surface area contributed by atoms with Crippen LogP contribution in [0.15, 0.2) is 12.4 Å². The van der Waals surface area contributed by atoms with E-state index < -0.39 is 0 Å². The van der Waals surface area contributed by atoms with Crippen molar-refractivity contribution in [1.82, 2.24) is 9.55 Å². The third-order valence-corrected chi connectivity index (χ3v) is 3.32. The predicted molar refractivity (Wildman–Crippen MR) is 69.1 cm³/mol. The molecule has 0 radical (unpaired) electrons. The lowest BCUT2D eigenvalue weighted by molar-refractivity contribution is 0.628. The molecule has 1 aromatic heterocycles. The van der Waals surface area contributed by atoms with E-state index in [4.69, 9.17) is 11.6 Å². The van der Waals surface area contributed by atoms with Crippen LogP contribution >= 0.6 is 11.6 Å². The molecule has 92 valence electrons. The molecule has 0 atom stereocenters. The van der Waals surface area contributed by atoms with E-state index in [9.17, 15) is 4.39 Å². The number of hydrogen-bond donors (Lipinski definition) is 0. The number of nitrogens with zero attached hydrogens (tertiary/aromatic N) is 2. The summed E-state index contributed by atoms with van der Waals surface area (Å²) >= 11 is 5.97. The number of imidazole rings is 1. The minimum atomic E-state index is -0.295. The molecule has 17 heavy (non-hydrogen) atoms. The van der Waals surface area contributed by atoms with Crippen LogP contribution in [0.25, 0.3) is 11.0 Å².